The molecular weight excluding hydrogens is 274 g/mol. The fourth-order valence-corrected chi connectivity index (χ4v) is 2.43. The van der Waals surface area contributed by atoms with Crippen molar-refractivity contribution in [2.24, 2.45) is 0 Å². The van der Waals surface area contributed by atoms with Crippen molar-refractivity contribution in [1.82, 2.24) is 0 Å². The van der Waals surface area contributed by atoms with Crippen molar-refractivity contribution in [3.63, 3.8) is 0 Å². The smallest absolute Gasteiger partial charge is 0.300 e. The van der Waals surface area contributed by atoms with E-state index in [1.807, 2.05) is 0 Å². The van der Waals surface area contributed by atoms with Gasteiger partial charge in [-0.25, -0.2) is 0 Å². The van der Waals surface area contributed by atoms with Gasteiger partial charge in [0.2, 0.25) is 0 Å². The van der Waals surface area contributed by atoms with E-state index in [1.165, 1.54) is 83.6 Å². The maximum Gasteiger partial charge on any atom is 0.300 e. The largest absolute Gasteiger partial charge is 0.481 e. The Morgan fingerprint density at radius 2 is 1.00 bits per heavy atom. The van der Waals surface area contributed by atoms with E-state index >= 15 is 0 Å². The summed E-state index contributed by atoms with van der Waals surface area (Å²) in [4.78, 5) is 9.00. The second-order valence-electron chi connectivity index (χ2n) is 7.42. The summed E-state index contributed by atoms with van der Waals surface area (Å²) in [5, 5.41) is 7.42. The Balaban J connectivity index is 0. The van der Waals surface area contributed by atoms with Crippen molar-refractivity contribution in [3.05, 3.63) is 0 Å². The fourth-order valence-electron chi connectivity index (χ4n) is 2.43. The minimum atomic E-state index is -0.833. The highest BCUT2D eigenvalue weighted by Crippen LogP contribution is 2.12. The molecular formula is C19H42NO2+. The number of carboxylic acid groups (broad SMARTS) is 1. The van der Waals surface area contributed by atoms with Crippen LogP contribution < -0.4 is 0 Å². The lowest BCUT2D eigenvalue weighted by Gasteiger charge is -2.23. The molecule has 0 aliphatic heterocycles. The number of unbranched alkanes of at least 4 members (excludes halogenated alkanes) is 11. The lowest BCUT2D eigenvalue weighted by Crippen LogP contribution is -2.35. The van der Waals surface area contributed by atoms with E-state index in [0.29, 0.717) is 0 Å². The summed E-state index contributed by atoms with van der Waals surface area (Å²) < 4.78 is 1.12. The Morgan fingerprint density at radius 3 is 1.27 bits per heavy atom. The zero-order chi connectivity index (χ0) is 17.3. The van der Waals surface area contributed by atoms with Crippen molar-refractivity contribution in [2.45, 2.75) is 90.9 Å². The van der Waals surface area contributed by atoms with Crippen LogP contribution in [0, 0.1) is 0 Å². The summed E-state index contributed by atoms with van der Waals surface area (Å²) >= 11 is 0. The Kier molecular flexibility index (Phi) is 18.1. The summed E-state index contributed by atoms with van der Waals surface area (Å²) in [7, 11) is 6.87. The van der Waals surface area contributed by atoms with Gasteiger partial charge < -0.3 is 9.59 Å². The summed E-state index contributed by atoms with van der Waals surface area (Å²) in [5.41, 5.74) is 0. The average Bonchev–Trinajstić information content (AvgIpc) is 2.38. The molecule has 0 saturated carbocycles. The van der Waals surface area contributed by atoms with E-state index in [4.69, 9.17) is 9.90 Å². The minimum Gasteiger partial charge on any atom is -0.481 e. The van der Waals surface area contributed by atoms with Gasteiger partial charge >= 0.3 is 0 Å². The van der Waals surface area contributed by atoms with Gasteiger partial charge in [-0.3, -0.25) is 4.79 Å². The maximum absolute atomic E-state index is 9.00. The van der Waals surface area contributed by atoms with Crippen molar-refractivity contribution >= 4 is 5.97 Å². The number of quaternary nitrogens is 1. The SMILES string of the molecule is CC(=O)O.CCCCCCCCCCCCCC[N+](C)(C)C. The monoisotopic (exact) mass is 316 g/mol. The lowest BCUT2D eigenvalue weighted by atomic mass is 10.1. The molecule has 0 rings (SSSR count). The van der Waals surface area contributed by atoms with Crippen LogP contribution >= 0.6 is 0 Å². The Hall–Kier alpha value is -0.570. The second-order valence-corrected chi connectivity index (χ2v) is 7.42. The van der Waals surface area contributed by atoms with Crippen LogP contribution in [0.2, 0.25) is 0 Å². The van der Waals surface area contributed by atoms with Gasteiger partial charge in [-0.15, -0.1) is 0 Å². The van der Waals surface area contributed by atoms with Crippen LogP contribution in [0.4, 0.5) is 0 Å². The molecule has 3 nitrogen and oxygen atoms in total. The van der Waals surface area contributed by atoms with Gasteiger partial charge in [-0.2, -0.15) is 0 Å². The Labute approximate surface area is 139 Å². The molecule has 0 atom stereocenters. The molecule has 0 aromatic heterocycles. The molecule has 1 N–H and O–H groups in total. The molecule has 0 heterocycles. The van der Waals surface area contributed by atoms with Crippen LogP contribution in [0.15, 0.2) is 0 Å². The van der Waals surface area contributed by atoms with Crippen LogP contribution in [-0.4, -0.2) is 43.2 Å². The molecule has 0 amide bonds. The van der Waals surface area contributed by atoms with E-state index in [2.05, 4.69) is 28.1 Å². The first kappa shape index (κ1) is 23.7. The normalized spacial score (nSPS) is 11.0. The van der Waals surface area contributed by atoms with E-state index < -0.39 is 5.97 Å². The molecule has 0 unspecified atom stereocenters. The van der Waals surface area contributed by atoms with Gasteiger partial charge in [0.05, 0.1) is 27.7 Å². The third-order valence-corrected chi connectivity index (χ3v) is 3.68. The van der Waals surface area contributed by atoms with Gasteiger partial charge in [0.25, 0.3) is 5.97 Å². The van der Waals surface area contributed by atoms with Gasteiger partial charge in [-0.05, 0) is 12.8 Å². The first-order valence-electron chi connectivity index (χ1n) is 9.29. The highest BCUT2D eigenvalue weighted by molar-refractivity contribution is 5.62. The van der Waals surface area contributed by atoms with Gasteiger partial charge in [0.1, 0.15) is 0 Å². The number of aliphatic carboxylic acids is 1. The summed E-state index contributed by atoms with van der Waals surface area (Å²) in [6, 6.07) is 0. The predicted octanol–water partition coefficient (Wildman–Crippen LogP) is 5.48. The molecule has 0 radical (unpaired) electrons. The highest BCUT2D eigenvalue weighted by atomic mass is 16.4. The molecule has 0 bridgehead atoms. The number of carbonyl (C=O) groups is 1. The zero-order valence-electron chi connectivity index (χ0n) is 16.0. The lowest BCUT2D eigenvalue weighted by molar-refractivity contribution is -0.870. The third kappa shape index (κ3) is 31.7. The van der Waals surface area contributed by atoms with E-state index in [0.717, 1.165) is 11.4 Å². The minimum absolute atomic E-state index is 0.833. The number of rotatable bonds is 13. The molecule has 0 spiro atoms. The molecule has 0 aliphatic carbocycles. The van der Waals surface area contributed by atoms with Crippen molar-refractivity contribution in [1.29, 1.82) is 0 Å². The Bertz CT molecular complexity index is 230. The quantitative estimate of drug-likeness (QED) is 0.360. The van der Waals surface area contributed by atoms with Gasteiger partial charge in [0.15, 0.2) is 0 Å². The van der Waals surface area contributed by atoms with Crippen LogP contribution in [-0.2, 0) is 4.79 Å². The first-order valence-corrected chi connectivity index (χ1v) is 9.29. The highest BCUT2D eigenvalue weighted by Gasteiger charge is 2.04. The van der Waals surface area contributed by atoms with Crippen molar-refractivity contribution < 1.29 is 14.4 Å². The standard InChI is InChI=1S/C17H38N.C2H4O2/c1-5-6-7-8-9-10-11-12-13-14-15-16-17-18(2,3)4;1-2(3)4/h5-17H2,1-4H3;1H3,(H,3,4)/q+1;. The number of hydrogen-bond acceptors (Lipinski definition) is 1. The van der Waals surface area contributed by atoms with E-state index in [9.17, 15) is 0 Å². The number of nitrogens with zero attached hydrogens (tertiary/aromatic N) is 1. The zero-order valence-corrected chi connectivity index (χ0v) is 16.0. The van der Waals surface area contributed by atoms with Gasteiger partial charge in [-0.1, -0.05) is 71.1 Å². The molecule has 0 aliphatic rings. The molecule has 0 aromatic carbocycles. The second kappa shape index (κ2) is 16.8. The topological polar surface area (TPSA) is 37.3 Å². The van der Waals surface area contributed by atoms with Crippen LogP contribution in [0.5, 0.6) is 0 Å². The van der Waals surface area contributed by atoms with Crippen LogP contribution in [0.1, 0.15) is 90.9 Å². The number of carboxylic acids is 1. The molecule has 134 valence electrons. The number of hydrogen-bond donors (Lipinski definition) is 1. The van der Waals surface area contributed by atoms with E-state index in [-0.39, 0.29) is 0 Å². The Morgan fingerprint density at radius 1 is 0.727 bits per heavy atom. The first-order chi connectivity index (χ1) is 10.3. The van der Waals surface area contributed by atoms with Crippen molar-refractivity contribution in [3.8, 4) is 0 Å². The maximum atomic E-state index is 9.00. The van der Waals surface area contributed by atoms with Gasteiger partial charge in [0, 0.05) is 6.92 Å². The molecule has 3 heteroatoms. The summed E-state index contributed by atoms with van der Waals surface area (Å²) in [6.07, 6.45) is 17.4. The third-order valence-electron chi connectivity index (χ3n) is 3.68. The molecule has 0 fully saturated rings. The average molecular weight is 317 g/mol. The molecule has 22 heavy (non-hydrogen) atoms. The summed E-state index contributed by atoms with van der Waals surface area (Å²) in [6.45, 7) is 4.70. The van der Waals surface area contributed by atoms with Crippen molar-refractivity contribution in [2.75, 3.05) is 27.7 Å². The summed E-state index contributed by atoms with van der Waals surface area (Å²) in [5.74, 6) is -0.833. The fraction of sp³-hybridized carbons (Fsp3) is 0.947. The van der Waals surface area contributed by atoms with Crippen LogP contribution in [0.3, 0.4) is 0 Å². The molecule has 0 aromatic rings. The predicted molar refractivity (Wildman–Crippen MR) is 97.3 cm³/mol. The van der Waals surface area contributed by atoms with E-state index in [1.54, 1.807) is 0 Å². The molecule has 0 saturated heterocycles. The van der Waals surface area contributed by atoms with Crippen LogP contribution in [0.25, 0.3) is 0 Å².